The van der Waals surface area contributed by atoms with Gasteiger partial charge in [-0.2, -0.15) is 0 Å². The molecule has 1 amide bonds. The van der Waals surface area contributed by atoms with Crippen molar-refractivity contribution < 1.29 is 17.9 Å². The summed E-state index contributed by atoms with van der Waals surface area (Å²) >= 11 is 0. The van der Waals surface area contributed by atoms with Gasteiger partial charge in [0.25, 0.3) is 10.0 Å². The molecule has 1 aromatic heterocycles. The van der Waals surface area contributed by atoms with Gasteiger partial charge in [-0.15, -0.1) is 0 Å². The lowest BCUT2D eigenvalue weighted by molar-refractivity contribution is -0.119. The fraction of sp³-hybridized carbons (Fsp3) is 0.375. The fourth-order valence-electron chi connectivity index (χ4n) is 2.73. The molecule has 2 heterocycles. The number of nitrogens with one attached hydrogen (secondary N) is 1. The minimum atomic E-state index is -3.91. The number of nitrogens with zero attached hydrogens (tertiary/aromatic N) is 1. The van der Waals surface area contributed by atoms with E-state index in [0.29, 0.717) is 23.9 Å². The van der Waals surface area contributed by atoms with E-state index >= 15 is 0 Å². The molecule has 1 aromatic carbocycles. The van der Waals surface area contributed by atoms with E-state index < -0.39 is 15.9 Å². The number of hydrogen-bond donors (Lipinski definition) is 1. The van der Waals surface area contributed by atoms with Crippen molar-refractivity contribution in [3.8, 4) is 0 Å². The van der Waals surface area contributed by atoms with Gasteiger partial charge in [-0.05, 0) is 43.5 Å². The number of fused-ring (bicyclic) bond motifs is 1. The molecule has 23 heavy (non-hydrogen) atoms. The van der Waals surface area contributed by atoms with E-state index in [9.17, 15) is 13.2 Å². The van der Waals surface area contributed by atoms with Gasteiger partial charge in [0.1, 0.15) is 0 Å². The standard InChI is InChI=1S/C16H18N2O4S/c19-16(9-8-12-4-3-11-22-12)18-23(20,21)15-7-1-6-14-13(15)5-2-10-17-14/h1-2,5-7,10,12H,3-4,8-9,11H2,(H,18,19). The summed E-state index contributed by atoms with van der Waals surface area (Å²) in [5, 5.41) is 0.495. The van der Waals surface area contributed by atoms with Crippen molar-refractivity contribution in [3.63, 3.8) is 0 Å². The quantitative estimate of drug-likeness (QED) is 0.904. The summed E-state index contributed by atoms with van der Waals surface area (Å²) in [6, 6.07) is 8.16. The van der Waals surface area contributed by atoms with Gasteiger partial charge < -0.3 is 4.74 Å². The molecule has 7 heteroatoms. The van der Waals surface area contributed by atoms with Gasteiger partial charge in [0.2, 0.25) is 5.91 Å². The summed E-state index contributed by atoms with van der Waals surface area (Å²) in [6.07, 6.45) is 4.25. The average molecular weight is 334 g/mol. The first-order valence-corrected chi connectivity index (χ1v) is 9.05. The average Bonchev–Trinajstić information content (AvgIpc) is 3.05. The topological polar surface area (TPSA) is 85.4 Å². The van der Waals surface area contributed by atoms with Crippen LogP contribution in [0.15, 0.2) is 41.4 Å². The van der Waals surface area contributed by atoms with Crippen LogP contribution in [0.1, 0.15) is 25.7 Å². The van der Waals surface area contributed by atoms with Crippen molar-refractivity contribution in [1.29, 1.82) is 0 Å². The molecule has 3 rings (SSSR count). The van der Waals surface area contributed by atoms with E-state index in [1.54, 1.807) is 30.5 Å². The van der Waals surface area contributed by atoms with Crippen molar-refractivity contribution in [2.75, 3.05) is 6.61 Å². The van der Waals surface area contributed by atoms with E-state index in [1.807, 2.05) is 0 Å². The molecule has 0 aliphatic carbocycles. The molecule has 0 spiro atoms. The van der Waals surface area contributed by atoms with Crippen LogP contribution in [-0.2, 0) is 19.6 Å². The Kier molecular flexibility index (Phi) is 4.58. The minimum absolute atomic E-state index is 0.0604. The molecule has 6 nitrogen and oxygen atoms in total. The molecule has 0 bridgehead atoms. The Morgan fingerprint density at radius 3 is 2.96 bits per heavy atom. The second kappa shape index (κ2) is 6.64. The van der Waals surface area contributed by atoms with Crippen LogP contribution in [0.2, 0.25) is 0 Å². The third-order valence-electron chi connectivity index (χ3n) is 3.86. The Balaban J connectivity index is 1.74. The Bertz CT molecular complexity index is 808. The molecule has 2 aromatic rings. The lowest BCUT2D eigenvalue weighted by atomic mass is 10.1. The summed E-state index contributed by atoms with van der Waals surface area (Å²) in [4.78, 5) is 16.2. The first-order chi connectivity index (χ1) is 11.1. The van der Waals surface area contributed by atoms with Gasteiger partial charge in [0, 0.05) is 24.6 Å². The van der Waals surface area contributed by atoms with E-state index in [2.05, 4.69) is 9.71 Å². The van der Waals surface area contributed by atoms with Crippen LogP contribution < -0.4 is 4.72 Å². The maximum atomic E-state index is 12.5. The van der Waals surface area contributed by atoms with Gasteiger partial charge in [-0.3, -0.25) is 9.78 Å². The van der Waals surface area contributed by atoms with Crippen molar-refractivity contribution in [3.05, 3.63) is 36.5 Å². The molecule has 1 aliphatic rings. The first-order valence-electron chi connectivity index (χ1n) is 7.57. The highest BCUT2D eigenvalue weighted by molar-refractivity contribution is 7.90. The summed E-state index contributed by atoms with van der Waals surface area (Å²) in [6.45, 7) is 0.716. The van der Waals surface area contributed by atoms with Crippen LogP contribution in [0, 0.1) is 0 Å². The summed E-state index contributed by atoms with van der Waals surface area (Å²) in [5.41, 5.74) is 0.571. The Labute approximate surface area is 134 Å². The van der Waals surface area contributed by atoms with Crippen molar-refractivity contribution in [2.45, 2.75) is 36.7 Å². The number of pyridine rings is 1. The lowest BCUT2D eigenvalue weighted by Gasteiger charge is -2.11. The number of sulfonamides is 1. The second-order valence-corrected chi connectivity index (χ2v) is 7.18. The largest absolute Gasteiger partial charge is 0.378 e. The number of aromatic nitrogens is 1. The molecule has 1 unspecified atom stereocenters. The molecular weight excluding hydrogens is 316 g/mol. The van der Waals surface area contributed by atoms with E-state index in [0.717, 1.165) is 12.8 Å². The molecule has 1 fully saturated rings. The number of ether oxygens (including phenoxy) is 1. The number of amides is 1. The zero-order chi connectivity index (χ0) is 16.3. The number of carbonyl (C=O) groups is 1. The van der Waals surface area contributed by atoms with Crippen molar-refractivity contribution >= 4 is 26.8 Å². The van der Waals surface area contributed by atoms with Gasteiger partial charge in [-0.1, -0.05) is 6.07 Å². The van der Waals surface area contributed by atoms with Crippen LogP contribution in [0.25, 0.3) is 10.9 Å². The highest BCUT2D eigenvalue weighted by Gasteiger charge is 2.22. The number of benzene rings is 1. The van der Waals surface area contributed by atoms with Crippen LogP contribution in [-0.4, -0.2) is 32.0 Å². The summed E-state index contributed by atoms with van der Waals surface area (Å²) in [5.74, 6) is -0.513. The molecule has 0 saturated carbocycles. The van der Waals surface area contributed by atoms with Gasteiger partial charge in [0.05, 0.1) is 16.5 Å². The normalized spacial score (nSPS) is 18.2. The summed E-state index contributed by atoms with van der Waals surface area (Å²) < 4.78 is 32.5. The second-order valence-electron chi connectivity index (χ2n) is 5.53. The van der Waals surface area contributed by atoms with Gasteiger partial charge >= 0.3 is 0 Å². The maximum absolute atomic E-state index is 12.5. The SMILES string of the molecule is O=C(CCC1CCCO1)NS(=O)(=O)c1cccc2ncccc12. The fourth-order valence-corrected chi connectivity index (χ4v) is 3.96. The Hall–Kier alpha value is -1.99. The van der Waals surface area contributed by atoms with Crippen molar-refractivity contribution in [1.82, 2.24) is 9.71 Å². The smallest absolute Gasteiger partial charge is 0.264 e. The Morgan fingerprint density at radius 2 is 2.17 bits per heavy atom. The minimum Gasteiger partial charge on any atom is -0.378 e. The third-order valence-corrected chi connectivity index (χ3v) is 5.29. The Morgan fingerprint density at radius 1 is 1.30 bits per heavy atom. The third kappa shape index (κ3) is 3.68. The maximum Gasteiger partial charge on any atom is 0.264 e. The molecule has 1 atom stereocenters. The monoisotopic (exact) mass is 334 g/mol. The van der Waals surface area contributed by atoms with E-state index in [4.69, 9.17) is 4.74 Å². The van der Waals surface area contributed by atoms with E-state index in [-0.39, 0.29) is 17.4 Å². The number of rotatable bonds is 5. The van der Waals surface area contributed by atoms with Crippen molar-refractivity contribution in [2.24, 2.45) is 0 Å². The van der Waals surface area contributed by atoms with E-state index in [1.165, 1.54) is 6.07 Å². The zero-order valence-corrected chi connectivity index (χ0v) is 13.4. The highest BCUT2D eigenvalue weighted by atomic mass is 32.2. The first kappa shape index (κ1) is 15.9. The molecule has 122 valence electrons. The highest BCUT2D eigenvalue weighted by Crippen LogP contribution is 2.21. The molecule has 1 N–H and O–H groups in total. The number of carbonyl (C=O) groups excluding carboxylic acids is 1. The van der Waals surface area contributed by atoms with Crippen LogP contribution >= 0.6 is 0 Å². The number of hydrogen-bond acceptors (Lipinski definition) is 5. The lowest BCUT2D eigenvalue weighted by Crippen LogP contribution is -2.31. The van der Waals surface area contributed by atoms with Crippen LogP contribution in [0.3, 0.4) is 0 Å². The summed E-state index contributed by atoms with van der Waals surface area (Å²) in [7, 11) is -3.91. The van der Waals surface area contributed by atoms with Gasteiger partial charge in [0.15, 0.2) is 0 Å². The predicted molar refractivity (Wildman–Crippen MR) is 85.3 cm³/mol. The van der Waals surface area contributed by atoms with Crippen LogP contribution in [0.4, 0.5) is 0 Å². The molecule has 0 radical (unpaired) electrons. The zero-order valence-electron chi connectivity index (χ0n) is 12.6. The predicted octanol–water partition coefficient (Wildman–Crippen LogP) is 2.00. The van der Waals surface area contributed by atoms with Crippen LogP contribution in [0.5, 0.6) is 0 Å². The van der Waals surface area contributed by atoms with Gasteiger partial charge in [-0.25, -0.2) is 13.1 Å². The molecular formula is C16H18N2O4S. The molecule has 1 aliphatic heterocycles. The molecule has 1 saturated heterocycles.